The second-order valence-electron chi connectivity index (χ2n) is 36.0. The molecule has 0 fully saturated rings. The molecule has 0 N–H and O–H groups in total. The first-order chi connectivity index (χ1) is 54.4. The van der Waals surface area contributed by atoms with Gasteiger partial charge in [0.1, 0.15) is 5.69 Å². The van der Waals surface area contributed by atoms with Crippen LogP contribution in [0.5, 0.6) is 0 Å². The molecule has 0 bridgehead atoms. The van der Waals surface area contributed by atoms with E-state index in [1.54, 1.807) is 6.21 Å². The van der Waals surface area contributed by atoms with Crippen molar-refractivity contribution < 1.29 is 0 Å². The number of benzene rings is 5. The largest absolute Gasteiger partial charge is 0.288 e. The summed E-state index contributed by atoms with van der Waals surface area (Å²) in [5.41, 5.74) is 27.1. The average Bonchev–Trinajstić information content (AvgIpc) is 1.13. The summed E-state index contributed by atoms with van der Waals surface area (Å²) in [5, 5.41) is 0. The van der Waals surface area contributed by atoms with Crippen LogP contribution in [-0.4, -0.2) is 70.8 Å². The highest BCUT2D eigenvalue weighted by Gasteiger charge is 2.22. The molecule has 6 aliphatic rings. The Bertz CT molecular complexity index is 3970. The normalized spacial score (nSPS) is 13.0. The average molecular weight is 1590 g/mol. The summed E-state index contributed by atoms with van der Waals surface area (Å²) in [6, 6.07) is 47.7. The van der Waals surface area contributed by atoms with Crippen molar-refractivity contribution in [3.8, 4) is 0 Å². The van der Waals surface area contributed by atoms with Crippen LogP contribution in [0.25, 0.3) is 6.08 Å². The number of hydrogen-bond donors (Lipinski definition) is 0. The third kappa shape index (κ3) is 37.6. The van der Waals surface area contributed by atoms with E-state index in [9.17, 15) is 0 Å². The Balaban J connectivity index is 0.00000129. The number of nitrogens with zero attached hydrogens (tertiary/aromatic N) is 10. The molecular formula is C107H162N10. The molecule has 0 atom stereocenters. The Labute approximate surface area is 717 Å². The zero-order valence-electron chi connectivity index (χ0n) is 80.2. The Morgan fingerprint density at radius 1 is 0.299 bits per heavy atom. The van der Waals surface area contributed by atoms with Crippen molar-refractivity contribution in [3.05, 3.63) is 259 Å². The second-order valence-corrected chi connectivity index (χ2v) is 36.0. The van der Waals surface area contributed by atoms with E-state index in [2.05, 4.69) is 363 Å². The molecule has 5 aromatic carbocycles. The maximum Gasteiger partial charge on any atom is 0.173 e. The van der Waals surface area contributed by atoms with E-state index >= 15 is 0 Å². The van der Waals surface area contributed by atoms with Crippen LogP contribution in [0.2, 0.25) is 0 Å². The van der Waals surface area contributed by atoms with Crippen LogP contribution in [0.1, 0.15) is 357 Å². The molecule has 0 unspecified atom stereocenters. The van der Waals surface area contributed by atoms with Crippen molar-refractivity contribution in [1.82, 2.24) is 15.0 Å². The number of aromatic nitrogens is 3. The summed E-state index contributed by atoms with van der Waals surface area (Å²) in [4.78, 5) is 42.9. The summed E-state index contributed by atoms with van der Waals surface area (Å²) in [6.45, 7) is 83.6. The Hall–Kier alpha value is -9.02. The van der Waals surface area contributed by atoms with Crippen LogP contribution in [0.15, 0.2) is 193 Å². The molecule has 10 heteroatoms. The van der Waals surface area contributed by atoms with Gasteiger partial charge in [0.25, 0.3) is 0 Å². The van der Waals surface area contributed by atoms with E-state index in [0.717, 1.165) is 72.3 Å². The summed E-state index contributed by atoms with van der Waals surface area (Å²) in [7, 11) is 0. The quantitative estimate of drug-likeness (QED) is 0.171. The van der Waals surface area contributed by atoms with Crippen molar-refractivity contribution in [2.24, 2.45) is 34.9 Å². The molecule has 8 aromatic rings. The molecular weight excluding hydrogens is 1430 g/mol. The lowest BCUT2D eigenvalue weighted by Crippen LogP contribution is -2.12. The number of amidine groups is 2. The maximum atomic E-state index is 4.46. The van der Waals surface area contributed by atoms with Gasteiger partial charge in [-0.05, 0) is 166 Å². The highest BCUT2D eigenvalue weighted by Crippen LogP contribution is 2.34. The number of fused-ring (bicyclic) bond motifs is 4. The fourth-order valence-electron chi connectivity index (χ4n) is 11.2. The lowest BCUT2D eigenvalue weighted by molar-refractivity contribution is 0.586. The van der Waals surface area contributed by atoms with Gasteiger partial charge in [0, 0.05) is 80.2 Å². The van der Waals surface area contributed by atoms with Gasteiger partial charge in [-0.3, -0.25) is 39.9 Å². The Morgan fingerprint density at radius 3 is 1.04 bits per heavy atom. The third-order valence-electron chi connectivity index (χ3n) is 18.6. The van der Waals surface area contributed by atoms with Gasteiger partial charge in [-0.1, -0.05) is 371 Å². The first-order valence-corrected chi connectivity index (χ1v) is 43.3. The molecule has 640 valence electrons. The third-order valence-corrected chi connectivity index (χ3v) is 18.6. The van der Waals surface area contributed by atoms with E-state index in [1.165, 1.54) is 83.6 Å². The van der Waals surface area contributed by atoms with Crippen LogP contribution < -0.4 is 0 Å². The van der Waals surface area contributed by atoms with Crippen LogP contribution in [0, 0.1) is 13.8 Å². The van der Waals surface area contributed by atoms with Gasteiger partial charge in [-0.25, -0.2) is 9.98 Å². The molecule has 3 aromatic heterocycles. The molecule has 1 aliphatic carbocycles. The predicted molar refractivity (Wildman–Crippen MR) is 526 cm³/mol. The number of hydrogen-bond acceptors (Lipinski definition) is 10. The van der Waals surface area contributed by atoms with E-state index in [1.807, 2.05) is 140 Å². The van der Waals surface area contributed by atoms with Crippen molar-refractivity contribution in [3.63, 3.8) is 0 Å². The van der Waals surface area contributed by atoms with Gasteiger partial charge in [-0.2, -0.15) is 0 Å². The van der Waals surface area contributed by atoms with Gasteiger partial charge < -0.3 is 0 Å². The summed E-state index contributed by atoms with van der Waals surface area (Å²) in [5.74, 6) is 1.60. The summed E-state index contributed by atoms with van der Waals surface area (Å²) < 4.78 is 0. The number of rotatable bonds is 2. The predicted octanol–water partition coefficient (Wildman–Crippen LogP) is 30.1. The highest BCUT2D eigenvalue weighted by molar-refractivity contribution is 6.06. The monoisotopic (exact) mass is 1590 g/mol. The van der Waals surface area contributed by atoms with Crippen molar-refractivity contribution >= 4 is 60.2 Å². The lowest BCUT2D eigenvalue weighted by atomic mass is 9.85. The fourth-order valence-corrected chi connectivity index (χ4v) is 11.2. The van der Waals surface area contributed by atoms with E-state index in [-0.39, 0.29) is 50.7 Å². The Morgan fingerprint density at radius 2 is 0.658 bits per heavy atom. The van der Waals surface area contributed by atoms with Crippen molar-refractivity contribution in [1.29, 1.82) is 0 Å². The van der Waals surface area contributed by atoms with Crippen LogP contribution >= 0.6 is 0 Å². The van der Waals surface area contributed by atoms with Gasteiger partial charge in [-0.15, -0.1) is 0 Å². The SMILES string of the molecule is C.CC.CC.CC.CC.CC.CC.CC(C)(C)c1ccc(C2=NCC=N2)cc1.CC(C)(C)c1ccc(C2=NCC=N2)nc1.CC(C)(C)c1ccc2c(c1)C=NC2.CC(C)(C)c1ccc2c(c1)N=CC2.CC(C)(C)c1ccc2c(c1)N=CC2.CC(C)(C)c1cnc2c(c1)C=CC2.Cc1ccc(C(C)(C)C)cc1.Cc1ccc(C(C)(C)C)cn1. The molecule has 14 rings (SSSR count). The smallest absolute Gasteiger partial charge is 0.173 e. The minimum Gasteiger partial charge on any atom is -0.288 e. The molecule has 0 saturated carbocycles. The molecule has 8 heterocycles. The molecule has 0 spiro atoms. The van der Waals surface area contributed by atoms with Crippen LogP contribution in [0.3, 0.4) is 0 Å². The summed E-state index contributed by atoms with van der Waals surface area (Å²) in [6.07, 6.45) is 22.8. The number of allylic oxidation sites excluding steroid dienone is 1. The van der Waals surface area contributed by atoms with Crippen molar-refractivity contribution in [2.75, 3.05) is 13.1 Å². The minimum atomic E-state index is 0. The first-order valence-electron chi connectivity index (χ1n) is 43.3. The standard InChI is InChI=1S/C13H16N2.C12H15N3.4C12H15N.C11H16.C10H15N.6C2H6.CH4/c1-13(2,3)11-6-4-10(5-7-11)12-14-8-9-15-12;1-12(2,3)9-4-5-10(15-8-9)11-13-6-7-14-11;1-12(2,3)11-5-4-9-7-13-8-10(9)6-11;2*1-12(2,3)10-5-4-9-6-7-13-11(9)8-10;1-12(2,3)10-7-9-5-4-6-11(9)13-8-10;1-9-5-7-10(8-6-9)11(2,3)4;1-8-5-6-9(7-11-8)10(2,3)4;6*1-2;/h4-8H,9H2,1-3H3;4-6,8H,7H2,1-3H3;4-6,8H,7H2,1-3H3;3*4-5,7-8H,6H2,1-3H3;5-8H,1-4H3;5-7H,1-4H3;6*1-2H3;1H4. The van der Waals surface area contributed by atoms with E-state index < -0.39 is 0 Å². The molecule has 0 saturated heterocycles. The fraction of sp³-hybridized carbons (Fsp3) is 0.495. The van der Waals surface area contributed by atoms with Gasteiger partial charge in [0.2, 0.25) is 0 Å². The highest BCUT2D eigenvalue weighted by atomic mass is 15.0. The van der Waals surface area contributed by atoms with Gasteiger partial charge >= 0.3 is 0 Å². The van der Waals surface area contributed by atoms with E-state index in [4.69, 9.17) is 0 Å². The lowest BCUT2D eigenvalue weighted by Gasteiger charge is -2.19. The number of aliphatic imine (C=N–C) groups is 7. The van der Waals surface area contributed by atoms with Crippen LogP contribution in [-0.2, 0) is 69.1 Å². The first kappa shape index (κ1) is 108. The Kier molecular flexibility index (Phi) is 47.4. The minimum absolute atomic E-state index is 0. The number of pyridine rings is 3. The molecule has 0 amide bonds. The summed E-state index contributed by atoms with van der Waals surface area (Å²) >= 11 is 0. The van der Waals surface area contributed by atoms with Crippen LogP contribution in [0.4, 0.5) is 11.4 Å². The van der Waals surface area contributed by atoms with E-state index in [0.29, 0.717) is 6.54 Å². The molecule has 10 nitrogen and oxygen atoms in total. The maximum absolute atomic E-state index is 4.46. The van der Waals surface area contributed by atoms with Crippen molar-refractivity contribution in [2.45, 2.75) is 340 Å². The topological polar surface area (TPSA) is 125 Å². The van der Waals surface area contributed by atoms with Gasteiger partial charge in [0.05, 0.1) is 36.7 Å². The molecule has 0 radical (unpaired) electrons. The number of aryl methyl sites for hydroxylation is 2. The molecule has 117 heavy (non-hydrogen) atoms. The van der Waals surface area contributed by atoms with Gasteiger partial charge in [0.15, 0.2) is 11.7 Å². The second kappa shape index (κ2) is 51.3. The zero-order valence-corrected chi connectivity index (χ0v) is 80.2. The molecule has 5 aliphatic heterocycles. The zero-order chi connectivity index (χ0) is 88.6.